The van der Waals surface area contributed by atoms with Crippen LogP contribution in [0.4, 0.5) is 0 Å². The highest BCUT2D eigenvalue weighted by atomic mass is 32.2. The molecule has 6 heteroatoms. The van der Waals surface area contributed by atoms with Gasteiger partial charge in [-0.25, -0.2) is 12.7 Å². The summed E-state index contributed by atoms with van der Waals surface area (Å²) in [4.78, 5) is 0. The third-order valence-electron chi connectivity index (χ3n) is 3.36. The van der Waals surface area contributed by atoms with E-state index < -0.39 is 10.0 Å². The summed E-state index contributed by atoms with van der Waals surface area (Å²) in [5.41, 5.74) is 0. The van der Waals surface area contributed by atoms with Gasteiger partial charge in [-0.2, -0.15) is 0 Å². The summed E-state index contributed by atoms with van der Waals surface area (Å²) in [6, 6.07) is 0. The van der Waals surface area contributed by atoms with Gasteiger partial charge in [-0.1, -0.05) is 6.92 Å². The molecule has 0 saturated carbocycles. The van der Waals surface area contributed by atoms with Crippen molar-refractivity contribution in [1.29, 1.82) is 0 Å². The van der Waals surface area contributed by atoms with Crippen LogP contribution in [0.2, 0.25) is 0 Å². The van der Waals surface area contributed by atoms with E-state index in [9.17, 15) is 13.5 Å². The van der Waals surface area contributed by atoms with E-state index in [0.717, 1.165) is 25.8 Å². The Kier molecular flexibility index (Phi) is 6.55. The first-order chi connectivity index (χ1) is 8.43. The molecule has 2 atom stereocenters. The van der Waals surface area contributed by atoms with Crippen molar-refractivity contribution in [2.75, 3.05) is 32.4 Å². The maximum atomic E-state index is 11.5. The van der Waals surface area contributed by atoms with Crippen molar-refractivity contribution in [1.82, 2.24) is 9.62 Å². The average Bonchev–Trinajstić information content (AvgIpc) is 2.28. The SMILES string of the molecule is CCCNCC(O)CC1CCCN(S(C)(=O)=O)C1. The van der Waals surface area contributed by atoms with Gasteiger partial charge in [0.1, 0.15) is 0 Å². The van der Waals surface area contributed by atoms with Gasteiger partial charge >= 0.3 is 0 Å². The quantitative estimate of drug-likeness (QED) is 0.662. The third-order valence-corrected chi connectivity index (χ3v) is 4.63. The Labute approximate surface area is 111 Å². The Morgan fingerprint density at radius 1 is 1.50 bits per heavy atom. The predicted octanol–water partition coefficient (Wildman–Crippen LogP) is 0.409. The standard InChI is InChI=1S/C12H26N2O3S/c1-3-6-13-9-12(15)8-11-5-4-7-14(10-11)18(2,16)17/h11-13,15H,3-10H2,1-2H3. The van der Waals surface area contributed by atoms with Crippen molar-refractivity contribution < 1.29 is 13.5 Å². The maximum absolute atomic E-state index is 11.5. The molecule has 1 fully saturated rings. The van der Waals surface area contributed by atoms with Crippen LogP contribution in [0.25, 0.3) is 0 Å². The molecule has 0 radical (unpaired) electrons. The Bertz CT molecular complexity index is 332. The summed E-state index contributed by atoms with van der Waals surface area (Å²) < 4.78 is 24.5. The molecule has 2 N–H and O–H groups in total. The first-order valence-electron chi connectivity index (χ1n) is 6.77. The topological polar surface area (TPSA) is 69.6 Å². The molecule has 0 aromatic heterocycles. The summed E-state index contributed by atoms with van der Waals surface area (Å²) in [6.45, 7) is 4.79. The molecule has 1 rings (SSSR count). The van der Waals surface area contributed by atoms with Gasteiger partial charge in [-0.15, -0.1) is 0 Å². The molecule has 108 valence electrons. The van der Waals surface area contributed by atoms with Gasteiger partial charge < -0.3 is 10.4 Å². The zero-order valence-electron chi connectivity index (χ0n) is 11.4. The Hall–Kier alpha value is -0.170. The number of aliphatic hydroxyl groups excluding tert-OH is 1. The minimum atomic E-state index is -3.08. The number of aliphatic hydroxyl groups is 1. The lowest BCUT2D eigenvalue weighted by Gasteiger charge is -2.32. The molecule has 1 aliphatic rings. The van der Waals surface area contributed by atoms with Gasteiger partial charge in [0.2, 0.25) is 10.0 Å². The number of nitrogens with zero attached hydrogens (tertiary/aromatic N) is 1. The molecule has 0 aromatic carbocycles. The summed E-state index contributed by atoms with van der Waals surface area (Å²) >= 11 is 0. The number of sulfonamides is 1. The van der Waals surface area contributed by atoms with E-state index in [1.54, 1.807) is 0 Å². The molecule has 0 aromatic rings. The van der Waals surface area contributed by atoms with E-state index >= 15 is 0 Å². The van der Waals surface area contributed by atoms with Crippen molar-refractivity contribution in [2.24, 2.45) is 5.92 Å². The highest BCUT2D eigenvalue weighted by Gasteiger charge is 2.27. The van der Waals surface area contributed by atoms with Crippen LogP contribution in [-0.4, -0.2) is 56.4 Å². The Morgan fingerprint density at radius 3 is 2.83 bits per heavy atom. The molecule has 18 heavy (non-hydrogen) atoms. The van der Waals surface area contributed by atoms with Crippen LogP contribution in [0.1, 0.15) is 32.6 Å². The lowest BCUT2D eigenvalue weighted by molar-refractivity contribution is 0.120. The Morgan fingerprint density at radius 2 is 2.22 bits per heavy atom. The molecule has 5 nitrogen and oxygen atoms in total. The van der Waals surface area contributed by atoms with E-state index in [1.807, 2.05) is 0 Å². The smallest absolute Gasteiger partial charge is 0.211 e. The highest BCUT2D eigenvalue weighted by Crippen LogP contribution is 2.22. The van der Waals surface area contributed by atoms with Gasteiger partial charge in [-0.3, -0.25) is 0 Å². The number of hydrogen-bond acceptors (Lipinski definition) is 4. The van der Waals surface area contributed by atoms with E-state index in [4.69, 9.17) is 0 Å². The van der Waals surface area contributed by atoms with Crippen molar-refractivity contribution in [2.45, 2.75) is 38.7 Å². The summed E-state index contributed by atoms with van der Waals surface area (Å²) in [5, 5.41) is 13.1. The van der Waals surface area contributed by atoms with Gasteiger partial charge in [0.15, 0.2) is 0 Å². The van der Waals surface area contributed by atoms with Crippen LogP contribution in [0.15, 0.2) is 0 Å². The monoisotopic (exact) mass is 278 g/mol. The second-order valence-electron chi connectivity index (χ2n) is 5.22. The normalized spacial score (nSPS) is 24.1. The minimum absolute atomic E-state index is 0.284. The summed E-state index contributed by atoms with van der Waals surface area (Å²) in [6.07, 6.45) is 4.53. The lowest BCUT2D eigenvalue weighted by Crippen LogP contribution is -2.41. The molecule has 0 aliphatic carbocycles. The Balaban J connectivity index is 2.33. The van der Waals surface area contributed by atoms with E-state index in [2.05, 4.69) is 12.2 Å². The molecule has 0 bridgehead atoms. The summed E-state index contributed by atoms with van der Waals surface area (Å²) in [5.74, 6) is 0.284. The predicted molar refractivity (Wildman–Crippen MR) is 72.9 cm³/mol. The first-order valence-corrected chi connectivity index (χ1v) is 8.62. The zero-order valence-corrected chi connectivity index (χ0v) is 12.2. The molecule has 2 unspecified atom stereocenters. The van der Waals surface area contributed by atoms with Crippen LogP contribution in [0.3, 0.4) is 0 Å². The number of piperidine rings is 1. The second kappa shape index (κ2) is 7.43. The largest absolute Gasteiger partial charge is 0.392 e. The van der Waals surface area contributed by atoms with Crippen molar-refractivity contribution in [3.05, 3.63) is 0 Å². The van der Waals surface area contributed by atoms with Crippen molar-refractivity contribution >= 4 is 10.0 Å². The van der Waals surface area contributed by atoms with Gasteiger partial charge in [0.05, 0.1) is 12.4 Å². The van der Waals surface area contributed by atoms with E-state index in [-0.39, 0.29) is 12.0 Å². The van der Waals surface area contributed by atoms with E-state index in [1.165, 1.54) is 10.6 Å². The minimum Gasteiger partial charge on any atom is -0.392 e. The van der Waals surface area contributed by atoms with Crippen molar-refractivity contribution in [3.63, 3.8) is 0 Å². The molecular formula is C12H26N2O3S. The maximum Gasteiger partial charge on any atom is 0.211 e. The molecule has 1 saturated heterocycles. The van der Waals surface area contributed by atoms with Gasteiger partial charge in [0, 0.05) is 19.6 Å². The lowest BCUT2D eigenvalue weighted by atomic mass is 9.93. The van der Waals surface area contributed by atoms with Crippen LogP contribution >= 0.6 is 0 Å². The van der Waals surface area contributed by atoms with Crippen LogP contribution in [0, 0.1) is 5.92 Å². The summed E-state index contributed by atoms with van der Waals surface area (Å²) in [7, 11) is -3.08. The average molecular weight is 278 g/mol. The number of rotatable bonds is 7. The van der Waals surface area contributed by atoms with Gasteiger partial charge in [-0.05, 0) is 38.1 Å². The fraction of sp³-hybridized carbons (Fsp3) is 1.00. The molecular weight excluding hydrogens is 252 g/mol. The molecule has 0 amide bonds. The van der Waals surface area contributed by atoms with Crippen molar-refractivity contribution in [3.8, 4) is 0 Å². The molecule has 1 aliphatic heterocycles. The zero-order chi connectivity index (χ0) is 13.6. The second-order valence-corrected chi connectivity index (χ2v) is 7.21. The highest BCUT2D eigenvalue weighted by molar-refractivity contribution is 7.88. The first kappa shape index (κ1) is 15.9. The van der Waals surface area contributed by atoms with Crippen LogP contribution in [-0.2, 0) is 10.0 Å². The molecule has 1 heterocycles. The van der Waals surface area contributed by atoms with Crippen LogP contribution < -0.4 is 5.32 Å². The van der Waals surface area contributed by atoms with Crippen LogP contribution in [0.5, 0.6) is 0 Å². The third kappa shape index (κ3) is 5.65. The molecule has 0 spiro atoms. The number of hydrogen-bond donors (Lipinski definition) is 2. The van der Waals surface area contributed by atoms with Gasteiger partial charge in [0.25, 0.3) is 0 Å². The van der Waals surface area contributed by atoms with E-state index in [0.29, 0.717) is 26.1 Å². The number of nitrogens with one attached hydrogen (secondary N) is 1. The fourth-order valence-electron chi connectivity index (χ4n) is 2.43. The fourth-order valence-corrected chi connectivity index (χ4v) is 3.38.